The van der Waals surface area contributed by atoms with E-state index < -0.39 is 6.04 Å². The lowest BCUT2D eigenvalue weighted by Gasteiger charge is -2.24. The maximum atomic E-state index is 13.0. The van der Waals surface area contributed by atoms with Crippen molar-refractivity contribution >= 4 is 23.2 Å². The fourth-order valence-corrected chi connectivity index (χ4v) is 3.46. The highest BCUT2D eigenvalue weighted by atomic mass is 32.1. The monoisotopic (exact) mass is 382 g/mol. The van der Waals surface area contributed by atoms with Crippen molar-refractivity contribution in [2.45, 2.75) is 25.9 Å². The average molecular weight is 382 g/mol. The molecule has 2 heterocycles. The van der Waals surface area contributed by atoms with Crippen LogP contribution in [0, 0.1) is 6.92 Å². The van der Waals surface area contributed by atoms with E-state index in [1.807, 2.05) is 60.8 Å². The molecule has 0 bridgehead atoms. The van der Waals surface area contributed by atoms with Gasteiger partial charge in [-0.25, -0.2) is 0 Å². The summed E-state index contributed by atoms with van der Waals surface area (Å²) in [5, 5.41) is 4.73. The normalized spacial score (nSPS) is 11.8. The molecule has 0 radical (unpaired) electrons. The first-order valence-corrected chi connectivity index (χ1v) is 9.59. The zero-order valence-electron chi connectivity index (χ0n) is 15.3. The van der Waals surface area contributed by atoms with Crippen LogP contribution >= 0.6 is 11.3 Å². The SMILES string of the molecule is Cc1ccc(CN(C)C(=O)[C@H](Cc2ccccc2)NC(=O)c2cccs2)o1. The molecule has 0 saturated heterocycles. The van der Waals surface area contributed by atoms with E-state index in [4.69, 9.17) is 4.42 Å². The minimum atomic E-state index is -0.650. The molecule has 2 amide bonds. The molecule has 0 aliphatic carbocycles. The van der Waals surface area contributed by atoms with Crippen LogP contribution in [0.15, 0.2) is 64.4 Å². The fraction of sp³-hybridized carbons (Fsp3) is 0.238. The average Bonchev–Trinajstić information content (AvgIpc) is 3.33. The fourth-order valence-electron chi connectivity index (χ4n) is 2.83. The Morgan fingerprint density at radius 2 is 1.89 bits per heavy atom. The number of aryl methyl sites for hydroxylation is 1. The third-order valence-electron chi connectivity index (χ3n) is 4.20. The number of rotatable bonds is 7. The third-order valence-corrected chi connectivity index (χ3v) is 5.06. The Morgan fingerprint density at radius 3 is 2.52 bits per heavy atom. The number of hydrogen-bond donors (Lipinski definition) is 1. The van der Waals surface area contributed by atoms with Gasteiger partial charge < -0.3 is 14.6 Å². The molecular weight excluding hydrogens is 360 g/mol. The Labute approximate surface area is 162 Å². The van der Waals surface area contributed by atoms with E-state index in [9.17, 15) is 9.59 Å². The van der Waals surface area contributed by atoms with Gasteiger partial charge in [-0.2, -0.15) is 0 Å². The lowest BCUT2D eigenvalue weighted by atomic mass is 10.0. The zero-order chi connectivity index (χ0) is 19.2. The molecular formula is C21H22N2O3S. The van der Waals surface area contributed by atoms with Gasteiger partial charge in [0.25, 0.3) is 5.91 Å². The molecule has 0 unspecified atom stereocenters. The number of hydrogen-bond acceptors (Lipinski definition) is 4. The molecule has 3 aromatic rings. The minimum absolute atomic E-state index is 0.155. The van der Waals surface area contributed by atoms with Crippen LogP contribution in [0.3, 0.4) is 0 Å². The van der Waals surface area contributed by atoms with E-state index in [0.717, 1.165) is 11.3 Å². The molecule has 1 aromatic carbocycles. The summed E-state index contributed by atoms with van der Waals surface area (Å²) in [6, 6.07) is 16.3. The molecule has 0 spiro atoms. The van der Waals surface area contributed by atoms with Crippen molar-refractivity contribution in [3.05, 3.63) is 81.9 Å². The molecule has 0 fully saturated rings. The molecule has 5 nitrogen and oxygen atoms in total. The summed E-state index contributed by atoms with van der Waals surface area (Å²) in [4.78, 5) is 27.7. The lowest BCUT2D eigenvalue weighted by molar-refractivity contribution is -0.132. The largest absolute Gasteiger partial charge is 0.464 e. The first kappa shape index (κ1) is 18.9. The second-order valence-corrected chi connectivity index (χ2v) is 7.35. The highest BCUT2D eigenvalue weighted by molar-refractivity contribution is 7.12. The first-order valence-electron chi connectivity index (χ1n) is 8.71. The van der Waals surface area contributed by atoms with Gasteiger partial charge in [-0.05, 0) is 36.1 Å². The number of carbonyl (C=O) groups excluding carboxylic acids is 2. The summed E-state index contributed by atoms with van der Waals surface area (Å²) in [7, 11) is 1.72. The van der Waals surface area contributed by atoms with E-state index in [0.29, 0.717) is 23.6 Å². The van der Waals surface area contributed by atoms with Gasteiger partial charge >= 0.3 is 0 Å². The Kier molecular flexibility index (Phi) is 6.08. The van der Waals surface area contributed by atoms with Crippen molar-refractivity contribution in [1.29, 1.82) is 0 Å². The van der Waals surface area contributed by atoms with Crippen LogP contribution in [-0.2, 0) is 17.8 Å². The van der Waals surface area contributed by atoms with Crippen LogP contribution in [-0.4, -0.2) is 29.8 Å². The first-order chi connectivity index (χ1) is 13.0. The van der Waals surface area contributed by atoms with Gasteiger partial charge in [-0.3, -0.25) is 9.59 Å². The highest BCUT2D eigenvalue weighted by Gasteiger charge is 2.25. The number of carbonyl (C=O) groups is 2. The number of benzene rings is 1. The van der Waals surface area contributed by atoms with Gasteiger partial charge in [0.2, 0.25) is 5.91 Å². The van der Waals surface area contributed by atoms with E-state index >= 15 is 0 Å². The maximum absolute atomic E-state index is 13.0. The number of nitrogens with one attached hydrogen (secondary N) is 1. The van der Waals surface area contributed by atoms with Gasteiger partial charge in [-0.1, -0.05) is 36.4 Å². The van der Waals surface area contributed by atoms with Crippen LogP contribution in [0.2, 0.25) is 0 Å². The summed E-state index contributed by atoms with van der Waals surface area (Å²) in [6.07, 6.45) is 0.429. The molecule has 0 aliphatic heterocycles. The van der Waals surface area contributed by atoms with Crippen molar-refractivity contribution < 1.29 is 14.0 Å². The molecule has 0 aliphatic rings. The van der Waals surface area contributed by atoms with E-state index in [1.54, 1.807) is 18.0 Å². The molecule has 1 atom stereocenters. The quantitative estimate of drug-likeness (QED) is 0.678. The second-order valence-electron chi connectivity index (χ2n) is 6.40. The summed E-state index contributed by atoms with van der Waals surface area (Å²) in [5.41, 5.74) is 0.990. The van der Waals surface area contributed by atoms with E-state index in [1.165, 1.54) is 11.3 Å². The van der Waals surface area contributed by atoms with E-state index in [-0.39, 0.29) is 11.8 Å². The Balaban J connectivity index is 1.74. The number of amides is 2. The van der Waals surface area contributed by atoms with Crippen molar-refractivity contribution in [3.8, 4) is 0 Å². The molecule has 0 saturated carbocycles. The molecule has 1 N–H and O–H groups in total. The Morgan fingerprint density at radius 1 is 1.11 bits per heavy atom. The van der Waals surface area contributed by atoms with Crippen LogP contribution in [0.1, 0.15) is 26.8 Å². The summed E-state index contributed by atoms with van der Waals surface area (Å²) < 4.78 is 5.56. The molecule has 3 rings (SSSR count). The standard InChI is InChI=1S/C21H22N2O3S/c1-15-10-11-17(26-15)14-23(2)21(25)18(13-16-7-4-3-5-8-16)22-20(24)19-9-6-12-27-19/h3-12,18H,13-14H2,1-2H3,(H,22,24)/t18-/m0/s1. The van der Waals surface area contributed by atoms with Gasteiger partial charge in [0.05, 0.1) is 11.4 Å². The van der Waals surface area contributed by atoms with Crippen LogP contribution < -0.4 is 5.32 Å². The molecule has 2 aromatic heterocycles. The number of nitrogens with zero attached hydrogens (tertiary/aromatic N) is 1. The summed E-state index contributed by atoms with van der Waals surface area (Å²) in [6.45, 7) is 2.22. The maximum Gasteiger partial charge on any atom is 0.262 e. The third kappa shape index (κ3) is 5.08. The number of likely N-dealkylation sites (N-methyl/N-ethyl adjacent to an activating group) is 1. The number of thiophene rings is 1. The highest BCUT2D eigenvalue weighted by Crippen LogP contribution is 2.13. The number of furan rings is 1. The van der Waals surface area contributed by atoms with Crippen LogP contribution in [0.25, 0.3) is 0 Å². The lowest BCUT2D eigenvalue weighted by Crippen LogP contribution is -2.48. The van der Waals surface area contributed by atoms with Gasteiger partial charge in [0, 0.05) is 13.5 Å². The van der Waals surface area contributed by atoms with Crippen molar-refractivity contribution in [3.63, 3.8) is 0 Å². The van der Waals surface area contributed by atoms with Crippen molar-refractivity contribution in [1.82, 2.24) is 10.2 Å². The summed E-state index contributed by atoms with van der Waals surface area (Å²) >= 11 is 1.35. The van der Waals surface area contributed by atoms with Gasteiger partial charge in [0.1, 0.15) is 17.6 Å². The van der Waals surface area contributed by atoms with Crippen LogP contribution in [0.4, 0.5) is 0 Å². The summed E-state index contributed by atoms with van der Waals surface area (Å²) in [5.74, 6) is 1.13. The second kappa shape index (κ2) is 8.68. The van der Waals surface area contributed by atoms with Gasteiger partial charge in [-0.15, -0.1) is 11.3 Å². The van der Waals surface area contributed by atoms with Crippen molar-refractivity contribution in [2.75, 3.05) is 7.05 Å². The minimum Gasteiger partial charge on any atom is -0.464 e. The molecule has 6 heteroatoms. The topological polar surface area (TPSA) is 62.6 Å². The van der Waals surface area contributed by atoms with Gasteiger partial charge in [0.15, 0.2) is 0 Å². The Hall–Kier alpha value is -2.86. The van der Waals surface area contributed by atoms with E-state index in [2.05, 4.69) is 5.32 Å². The van der Waals surface area contributed by atoms with Crippen molar-refractivity contribution in [2.24, 2.45) is 0 Å². The predicted molar refractivity (Wildman–Crippen MR) is 106 cm³/mol. The zero-order valence-corrected chi connectivity index (χ0v) is 16.2. The Bertz CT molecular complexity index is 887. The molecule has 140 valence electrons. The molecule has 27 heavy (non-hydrogen) atoms. The van der Waals surface area contributed by atoms with Crippen LogP contribution in [0.5, 0.6) is 0 Å². The smallest absolute Gasteiger partial charge is 0.262 e. The predicted octanol–water partition coefficient (Wildman–Crippen LogP) is 3.65.